The van der Waals surface area contributed by atoms with Crippen molar-refractivity contribution in [3.05, 3.63) is 66.5 Å². The summed E-state index contributed by atoms with van der Waals surface area (Å²) in [7, 11) is 0. The Morgan fingerprint density at radius 1 is 1.19 bits per heavy atom. The number of aliphatic carboxylic acids is 1. The van der Waals surface area contributed by atoms with E-state index in [0.717, 1.165) is 16.2 Å². The van der Waals surface area contributed by atoms with Gasteiger partial charge in [-0.05, 0) is 24.1 Å². The normalized spacial score (nSPS) is 12.4. The van der Waals surface area contributed by atoms with E-state index in [-0.39, 0.29) is 0 Å². The van der Waals surface area contributed by atoms with Crippen LogP contribution in [0.3, 0.4) is 0 Å². The number of pyridine rings is 1. The quantitative estimate of drug-likeness (QED) is 0.735. The number of carboxylic acids is 1. The molecular formula is C16H14N2O2S. The fourth-order valence-corrected chi connectivity index (χ4v) is 3.26. The molecule has 1 N–H and O–H groups in total. The van der Waals surface area contributed by atoms with E-state index in [1.165, 1.54) is 11.8 Å². The van der Waals surface area contributed by atoms with Gasteiger partial charge in [-0.2, -0.15) is 0 Å². The Kier molecular flexibility index (Phi) is 3.92. The third-order valence-electron chi connectivity index (χ3n) is 3.19. The Bertz CT molecular complexity index is 755. The molecule has 106 valence electrons. The van der Waals surface area contributed by atoms with Crippen LogP contribution in [0.25, 0.3) is 5.65 Å². The Morgan fingerprint density at radius 2 is 2.00 bits per heavy atom. The van der Waals surface area contributed by atoms with Crippen molar-refractivity contribution in [1.82, 2.24) is 9.38 Å². The van der Waals surface area contributed by atoms with Crippen molar-refractivity contribution in [3.8, 4) is 0 Å². The number of imidazole rings is 1. The van der Waals surface area contributed by atoms with Crippen LogP contribution in [-0.4, -0.2) is 25.7 Å². The van der Waals surface area contributed by atoms with Gasteiger partial charge < -0.3 is 5.11 Å². The minimum Gasteiger partial charge on any atom is -0.480 e. The van der Waals surface area contributed by atoms with Gasteiger partial charge >= 0.3 is 5.97 Å². The number of carboxylic acid groups (broad SMARTS) is 1. The second-order valence-electron chi connectivity index (χ2n) is 4.65. The van der Waals surface area contributed by atoms with E-state index in [2.05, 4.69) is 4.98 Å². The Labute approximate surface area is 126 Å². The largest absolute Gasteiger partial charge is 0.480 e. The molecular weight excluding hydrogens is 284 g/mol. The lowest BCUT2D eigenvalue weighted by Crippen LogP contribution is -2.19. The van der Waals surface area contributed by atoms with Crippen molar-refractivity contribution < 1.29 is 9.90 Å². The van der Waals surface area contributed by atoms with Gasteiger partial charge in [0.05, 0.1) is 5.03 Å². The van der Waals surface area contributed by atoms with E-state index in [1.54, 1.807) is 6.20 Å². The van der Waals surface area contributed by atoms with Crippen molar-refractivity contribution >= 4 is 23.4 Å². The maximum atomic E-state index is 11.5. The summed E-state index contributed by atoms with van der Waals surface area (Å²) in [4.78, 5) is 15.8. The molecule has 0 aliphatic carbocycles. The molecule has 0 bridgehead atoms. The molecule has 0 saturated heterocycles. The lowest BCUT2D eigenvalue weighted by Gasteiger charge is -2.13. The highest BCUT2D eigenvalue weighted by atomic mass is 32.2. The number of hydrogen-bond acceptors (Lipinski definition) is 3. The lowest BCUT2D eigenvalue weighted by molar-refractivity contribution is -0.136. The standard InChI is InChI=1S/C16H14N2O2S/c19-16(20)13(11-12-5-2-1-3-6-12)21-15-8-4-7-14-17-9-10-18(14)15/h1-10,13H,11H2,(H,19,20). The first-order valence-electron chi connectivity index (χ1n) is 6.59. The third-order valence-corrected chi connectivity index (χ3v) is 4.42. The average molecular weight is 298 g/mol. The van der Waals surface area contributed by atoms with Crippen LogP contribution in [0.2, 0.25) is 0 Å². The van der Waals surface area contributed by atoms with Crippen LogP contribution >= 0.6 is 11.8 Å². The topological polar surface area (TPSA) is 54.6 Å². The summed E-state index contributed by atoms with van der Waals surface area (Å²) in [5.74, 6) is -0.805. The van der Waals surface area contributed by atoms with Crippen LogP contribution in [0.1, 0.15) is 5.56 Å². The second-order valence-corrected chi connectivity index (χ2v) is 5.88. The first kappa shape index (κ1) is 13.7. The SMILES string of the molecule is O=C(O)C(Cc1ccccc1)Sc1cccc2nccn12. The van der Waals surface area contributed by atoms with Gasteiger partial charge in [-0.25, -0.2) is 4.98 Å². The maximum Gasteiger partial charge on any atom is 0.317 e. The van der Waals surface area contributed by atoms with E-state index in [4.69, 9.17) is 0 Å². The van der Waals surface area contributed by atoms with E-state index < -0.39 is 11.2 Å². The molecule has 0 amide bonds. The number of nitrogens with zero attached hydrogens (tertiary/aromatic N) is 2. The molecule has 1 aromatic carbocycles. The van der Waals surface area contributed by atoms with E-state index >= 15 is 0 Å². The summed E-state index contributed by atoms with van der Waals surface area (Å²) >= 11 is 1.35. The minimum absolute atomic E-state index is 0.492. The zero-order chi connectivity index (χ0) is 14.7. The van der Waals surface area contributed by atoms with Crippen molar-refractivity contribution in [3.63, 3.8) is 0 Å². The van der Waals surface area contributed by atoms with Crippen LogP contribution in [0.15, 0.2) is 66.0 Å². The number of hydrogen-bond donors (Lipinski definition) is 1. The molecule has 0 aliphatic rings. The molecule has 2 aromatic heterocycles. The average Bonchev–Trinajstić information content (AvgIpc) is 2.97. The smallest absolute Gasteiger partial charge is 0.317 e. The molecule has 4 nitrogen and oxygen atoms in total. The Hall–Kier alpha value is -2.27. The third kappa shape index (κ3) is 3.08. The predicted molar refractivity (Wildman–Crippen MR) is 82.6 cm³/mol. The summed E-state index contributed by atoms with van der Waals surface area (Å²) in [6, 6.07) is 15.4. The van der Waals surface area contributed by atoms with E-state index in [1.807, 2.05) is 59.1 Å². The molecule has 2 heterocycles. The molecule has 0 aliphatic heterocycles. The highest BCUT2D eigenvalue weighted by Crippen LogP contribution is 2.26. The zero-order valence-electron chi connectivity index (χ0n) is 11.2. The molecule has 5 heteroatoms. The minimum atomic E-state index is -0.805. The van der Waals surface area contributed by atoms with Crippen LogP contribution in [0.5, 0.6) is 0 Å². The van der Waals surface area contributed by atoms with Crippen LogP contribution < -0.4 is 0 Å². The molecule has 1 atom stereocenters. The Morgan fingerprint density at radius 3 is 2.76 bits per heavy atom. The van der Waals surface area contributed by atoms with E-state index in [9.17, 15) is 9.90 Å². The van der Waals surface area contributed by atoms with Gasteiger partial charge in [-0.3, -0.25) is 9.20 Å². The molecule has 3 aromatic rings. The van der Waals surface area contributed by atoms with Crippen molar-refractivity contribution in [2.75, 3.05) is 0 Å². The molecule has 0 spiro atoms. The molecule has 1 unspecified atom stereocenters. The molecule has 0 radical (unpaired) electrons. The first-order chi connectivity index (χ1) is 10.2. The fraction of sp³-hybridized carbons (Fsp3) is 0.125. The molecule has 0 fully saturated rings. The van der Waals surface area contributed by atoms with Gasteiger partial charge in [-0.15, -0.1) is 0 Å². The summed E-state index contributed by atoms with van der Waals surface area (Å²) < 4.78 is 1.91. The highest BCUT2D eigenvalue weighted by Gasteiger charge is 2.20. The maximum absolute atomic E-state index is 11.5. The van der Waals surface area contributed by atoms with Gasteiger partial charge in [0.15, 0.2) is 0 Å². The second kappa shape index (κ2) is 6.01. The van der Waals surface area contributed by atoms with Crippen LogP contribution in [0, 0.1) is 0 Å². The Balaban J connectivity index is 1.85. The summed E-state index contributed by atoms with van der Waals surface area (Å²) in [5.41, 5.74) is 1.85. The number of thioether (sulfide) groups is 1. The van der Waals surface area contributed by atoms with Crippen molar-refractivity contribution in [1.29, 1.82) is 0 Å². The first-order valence-corrected chi connectivity index (χ1v) is 7.47. The van der Waals surface area contributed by atoms with Crippen molar-refractivity contribution in [2.24, 2.45) is 0 Å². The van der Waals surface area contributed by atoms with Crippen LogP contribution in [0.4, 0.5) is 0 Å². The summed E-state index contributed by atoms with van der Waals surface area (Å²) in [6.07, 6.45) is 4.05. The number of aromatic nitrogens is 2. The summed E-state index contributed by atoms with van der Waals surface area (Å²) in [5, 5.41) is 9.83. The fourth-order valence-electron chi connectivity index (χ4n) is 2.17. The van der Waals surface area contributed by atoms with Crippen molar-refractivity contribution in [2.45, 2.75) is 16.7 Å². The predicted octanol–water partition coefficient (Wildman–Crippen LogP) is 3.12. The number of benzene rings is 1. The molecule has 3 rings (SSSR count). The number of carbonyl (C=O) groups is 1. The summed E-state index contributed by atoms with van der Waals surface area (Å²) in [6.45, 7) is 0. The molecule has 0 saturated carbocycles. The van der Waals surface area contributed by atoms with Gasteiger partial charge in [0.25, 0.3) is 0 Å². The zero-order valence-corrected chi connectivity index (χ0v) is 12.0. The highest BCUT2D eigenvalue weighted by molar-refractivity contribution is 8.00. The van der Waals surface area contributed by atoms with Crippen LogP contribution in [-0.2, 0) is 11.2 Å². The number of fused-ring (bicyclic) bond motifs is 1. The van der Waals surface area contributed by atoms with Gasteiger partial charge in [0.1, 0.15) is 10.9 Å². The van der Waals surface area contributed by atoms with Gasteiger partial charge in [-0.1, -0.05) is 48.2 Å². The monoisotopic (exact) mass is 298 g/mol. The molecule has 21 heavy (non-hydrogen) atoms. The number of rotatable bonds is 5. The van der Waals surface area contributed by atoms with Gasteiger partial charge in [0, 0.05) is 12.4 Å². The lowest BCUT2D eigenvalue weighted by atomic mass is 10.1. The van der Waals surface area contributed by atoms with E-state index in [0.29, 0.717) is 6.42 Å². The van der Waals surface area contributed by atoms with Gasteiger partial charge in [0.2, 0.25) is 0 Å².